The van der Waals surface area contributed by atoms with Gasteiger partial charge < -0.3 is 20.1 Å². The zero-order chi connectivity index (χ0) is 26.4. The van der Waals surface area contributed by atoms with Crippen molar-refractivity contribution in [2.45, 2.75) is 57.2 Å². The summed E-state index contributed by atoms with van der Waals surface area (Å²) in [5, 5.41) is 14.1. The number of halogens is 1. The van der Waals surface area contributed by atoms with Crippen LogP contribution >= 0.6 is 0 Å². The summed E-state index contributed by atoms with van der Waals surface area (Å²) >= 11 is 0. The quantitative estimate of drug-likeness (QED) is 0.346. The molecule has 38 heavy (non-hydrogen) atoms. The molecule has 3 aromatic heterocycles. The van der Waals surface area contributed by atoms with E-state index >= 15 is 4.39 Å². The molecule has 0 amide bonds. The fourth-order valence-corrected chi connectivity index (χ4v) is 4.99. The van der Waals surface area contributed by atoms with Gasteiger partial charge in [0, 0.05) is 30.9 Å². The van der Waals surface area contributed by atoms with Crippen LogP contribution in [0.25, 0.3) is 16.9 Å². The molecule has 2 aliphatic rings. The Balaban J connectivity index is 1.30. The van der Waals surface area contributed by atoms with Crippen molar-refractivity contribution in [3.05, 3.63) is 65.9 Å². The largest absolute Gasteiger partial charge is 0.490 e. The SMILES string of the molecule is CN1CCC(Oc2ccc(Nc3ncc4c(F)c(C5CC5)n(-c5cccc(C(C)(C)O)n5)c4n3)cc2)CC1. The minimum absolute atomic E-state index is 0.116. The molecule has 0 radical (unpaired) electrons. The number of ether oxygens (including phenoxy) is 1. The Labute approximate surface area is 221 Å². The first kappa shape index (κ1) is 24.8. The lowest BCUT2D eigenvalue weighted by Gasteiger charge is -2.29. The van der Waals surface area contributed by atoms with Crippen molar-refractivity contribution in [1.82, 2.24) is 24.4 Å². The second-order valence-electron chi connectivity index (χ2n) is 10.9. The molecule has 0 atom stereocenters. The van der Waals surface area contributed by atoms with Crippen LogP contribution in [0.3, 0.4) is 0 Å². The molecule has 2 N–H and O–H groups in total. The van der Waals surface area contributed by atoms with Gasteiger partial charge in [0.15, 0.2) is 11.5 Å². The van der Waals surface area contributed by atoms with Gasteiger partial charge in [-0.3, -0.25) is 4.57 Å². The maximum atomic E-state index is 15.6. The Hall–Kier alpha value is -3.56. The first-order valence-electron chi connectivity index (χ1n) is 13.3. The molecule has 0 unspecified atom stereocenters. The number of anilines is 2. The van der Waals surface area contributed by atoms with Crippen molar-refractivity contribution >= 4 is 22.7 Å². The molecule has 0 bridgehead atoms. The van der Waals surface area contributed by atoms with E-state index in [9.17, 15) is 5.11 Å². The monoisotopic (exact) mass is 516 g/mol. The van der Waals surface area contributed by atoms with Crippen molar-refractivity contribution in [3.63, 3.8) is 0 Å². The van der Waals surface area contributed by atoms with Crippen LogP contribution in [0.2, 0.25) is 0 Å². The number of fused-ring (bicyclic) bond motifs is 1. The molecular formula is C29H33FN6O2. The molecule has 2 fully saturated rings. The van der Waals surface area contributed by atoms with Gasteiger partial charge in [-0.05, 0) is 83.0 Å². The van der Waals surface area contributed by atoms with Crippen molar-refractivity contribution in [2.24, 2.45) is 0 Å². The van der Waals surface area contributed by atoms with Gasteiger partial charge in [0.1, 0.15) is 23.3 Å². The molecule has 198 valence electrons. The number of piperidine rings is 1. The molecule has 1 aliphatic carbocycles. The third-order valence-corrected chi connectivity index (χ3v) is 7.32. The number of hydrogen-bond donors (Lipinski definition) is 2. The molecule has 9 heteroatoms. The first-order chi connectivity index (χ1) is 18.3. The van der Waals surface area contributed by atoms with E-state index in [1.807, 2.05) is 36.4 Å². The Bertz CT molecular complexity index is 1450. The predicted molar refractivity (Wildman–Crippen MR) is 145 cm³/mol. The van der Waals surface area contributed by atoms with E-state index in [1.54, 1.807) is 24.5 Å². The van der Waals surface area contributed by atoms with Crippen LogP contribution in [0.5, 0.6) is 5.75 Å². The number of nitrogens with one attached hydrogen (secondary N) is 1. The Morgan fingerprint density at radius 2 is 1.76 bits per heavy atom. The number of aliphatic hydroxyl groups is 1. The van der Waals surface area contributed by atoms with E-state index in [1.165, 1.54) is 6.20 Å². The summed E-state index contributed by atoms with van der Waals surface area (Å²) in [7, 11) is 2.14. The molecule has 1 aliphatic heterocycles. The second-order valence-corrected chi connectivity index (χ2v) is 10.9. The highest BCUT2D eigenvalue weighted by Crippen LogP contribution is 2.45. The van der Waals surface area contributed by atoms with Crippen LogP contribution in [0.1, 0.15) is 56.8 Å². The maximum Gasteiger partial charge on any atom is 0.229 e. The van der Waals surface area contributed by atoms with Crippen molar-refractivity contribution in [1.29, 1.82) is 0 Å². The van der Waals surface area contributed by atoms with Gasteiger partial charge in [0.25, 0.3) is 0 Å². The number of aromatic nitrogens is 4. The summed E-state index contributed by atoms with van der Waals surface area (Å²) in [6.07, 6.45) is 5.65. The molecule has 6 rings (SSSR count). The summed E-state index contributed by atoms with van der Waals surface area (Å²) in [6, 6.07) is 13.2. The van der Waals surface area contributed by atoms with Gasteiger partial charge in [-0.15, -0.1) is 0 Å². The van der Waals surface area contributed by atoms with Gasteiger partial charge in [0.05, 0.1) is 16.8 Å². The van der Waals surface area contributed by atoms with Crippen LogP contribution in [-0.2, 0) is 5.60 Å². The van der Waals surface area contributed by atoms with Crippen molar-refractivity contribution in [2.75, 3.05) is 25.5 Å². The minimum Gasteiger partial charge on any atom is -0.490 e. The van der Waals surface area contributed by atoms with Gasteiger partial charge in [-0.1, -0.05) is 6.07 Å². The van der Waals surface area contributed by atoms with Gasteiger partial charge in [-0.2, -0.15) is 4.98 Å². The molecule has 1 saturated carbocycles. The molecule has 1 aromatic carbocycles. The van der Waals surface area contributed by atoms with E-state index in [4.69, 9.17) is 9.72 Å². The normalized spacial score (nSPS) is 17.2. The van der Waals surface area contributed by atoms with Crippen LogP contribution in [0.4, 0.5) is 16.0 Å². The highest BCUT2D eigenvalue weighted by molar-refractivity contribution is 5.81. The molecule has 4 aromatic rings. The van der Waals surface area contributed by atoms with E-state index in [-0.39, 0.29) is 17.8 Å². The number of hydrogen-bond acceptors (Lipinski definition) is 7. The summed E-state index contributed by atoms with van der Waals surface area (Å²) in [5.41, 5.74) is 1.21. The Morgan fingerprint density at radius 1 is 1.03 bits per heavy atom. The van der Waals surface area contributed by atoms with Crippen LogP contribution < -0.4 is 10.1 Å². The number of pyridine rings is 1. The first-order valence-corrected chi connectivity index (χ1v) is 13.3. The smallest absolute Gasteiger partial charge is 0.229 e. The van der Waals surface area contributed by atoms with E-state index in [0.29, 0.717) is 34.2 Å². The minimum atomic E-state index is -1.12. The number of benzene rings is 1. The highest BCUT2D eigenvalue weighted by atomic mass is 19.1. The number of rotatable bonds is 7. The van der Waals surface area contributed by atoms with Crippen LogP contribution in [0, 0.1) is 5.82 Å². The number of nitrogens with zero attached hydrogens (tertiary/aromatic N) is 5. The standard InChI is InChI=1S/C29H33FN6O2/c1-29(2,37)23-5-4-6-24(33-23)36-26(18-7-8-18)25(30)22-17-31-28(34-27(22)36)32-19-9-11-20(12-10-19)38-21-13-15-35(3)16-14-21/h4-6,9-12,17-18,21,37H,7-8,13-16H2,1-3H3,(H,31,32,34). The molecule has 0 spiro atoms. The average molecular weight is 517 g/mol. The van der Waals surface area contributed by atoms with E-state index in [2.05, 4.69) is 27.2 Å². The van der Waals surface area contributed by atoms with Gasteiger partial charge in [0.2, 0.25) is 5.95 Å². The van der Waals surface area contributed by atoms with E-state index < -0.39 is 5.60 Å². The predicted octanol–water partition coefficient (Wildman–Crippen LogP) is 5.28. The summed E-state index contributed by atoms with van der Waals surface area (Å²) in [6.45, 7) is 5.46. The Kier molecular flexibility index (Phi) is 6.28. The summed E-state index contributed by atoms with van der Waals surface area (Å²) in [4.78, 5) is 16.1. The van der Waals surface area contributed by atoms with Crippen LogP contribution in [-0.4, -0.2) is 55.8 Å². The fourth-order valence-electron chi connectivity index (χ4n) is 4.99. The fraction of sp³-hybridized carbons (Fsp3) is 0.414. The average Bonchev–Trinajstić information content (AvgIpc) is 3.70. The lowest BCUT2D eigenvalue weighted by atomic mass is 10.1. The highest BCUT2D eigenvalue weighted by Gasteiger charge is 2.34. The third kappa shape index (κ3) is 4.96. The topological polar surface area (TPSA) is 88.3 Å². The summed E-state index contributed by atoms with van der Waals surface area (Å²) < 4.78 is 23.5. The zero-order valence-electron chi connectivity index (χ0n) is 22.0. The van der Waals surface area contributed by atoms with E-state index in [0.717, 1.165) is 50.2 Å². The third-order valence-electron chi connectivity index (χ3n) is 7.32. The zero-order valence-corrected chi connectivity index (χ0v) is 22.0. The molecule has 1 saturated heterocycles. The maximum absolute atomic E-state index is 15.6. The van der Waals surface area contributed by atoms with Gasteiger partial charge in [-0.25, -0.2) is 14.4 Å². The van der Waals surface area contributed by atoms with Gasteiger partial charge >= 0.3 is 0 Å². The lowest BCUT2D eigenvalue weighted by Crippen LogP contribution is -2.35. The van der Waals surface area contributed by atoms with Crippen LogP contribution in [0.15, 0.2) is 48.7 Å². The van der Waals surface area contributed by atoms with Crippen molar-refractivity contribution < 1.29 is 14.2 Å². The molecular weight excluding hydrogens is 483 g/mol. The Morgan fingerprint density at radius 3 is 2.45 bits per heavy atom. The molecule has 8 nitrogen and oxygen atoms in total. The lowest BCUT2D eigenvalue weighted by molar-refractivity contribution is 0.0738. The van der Waals surface area contributed by atoms with Crippen molar-refractivity contribution in [3.8, 4) is 11.6 Å². The summed E-state index contributed by atoms with van der Waals surface area (Å²) in [5.74, 6) is 1.54. The molecule has 4 heterocycles. The number of likely N-dealkylation sites (tertiary alicyclic amines) is 1. The second kappa shape index (κ2) is 9.63.